The Bertz CT molecular complexity index is 1210. The summed E-state index contributed by atoms with van der Waals surface area (Å²) in [5.74, 6) is 1.42. The number of hydrogen-bond acceptors (Lipinski definition) is 6. The molecule has 2 aromatic carbocycles. The lowest BCUT2D eigenvalue weighted by Gasteiger charge is -2.11. The molecule has 0 atom stereocenters. The fraction of sp³-hybridized carbons (Fsp3) is 0.190. The molecule has 0 aliphatic heterocycles. The largest absolute Gasteiger partial charge is 0.496 e. The highest BCUT2D eigenvalue weighted by atomic mass is 16.5. The van der Waals surface area contributed by atoms with Gasteiger partial charge in [-0.15, -0.1) is 0 Å². The van der Waals surface area contributed by atoms with E-state index in [2.05, 4.69) is 15.1 Å². The van der Waals surface area contributed by atoms with Crippen LogP contribution in [0, 0.1) is 0 Å². The van der Waals surface area contributed by atoms with Crippen molar-refractivity contribution in [1.82, 2.24) is 19.7 Å². The van der Waals surface area contributed by atoms with Gasteiger partial charge in [0.1, 0.15) is 35.0 Å². The molecular formula is C21H20N4O4. The van der Waals surface area contributed by atoms with Crippen molar-refractivity contribution in [2.24, 2.45) is 7.05 Å². The van der Waals surface area contributed by atoms with Crippen molar-refractivity contribution in [2.45, 2.75) is 0 Å². The number of rotatable bonds is 6. The molecule has 8 heteroatoms. The molecular weight excluding hydrogens is 372 g/mol. The van der Waals surface area contributed by atoms with Gasteiger partial charge in [-0.1, -0.05) is 30.3 Å². The van der Waals surface area contributed by atoms with Crippen LogP contribution in [-0.2, 0) is 7.05 Å². The third-order valence-electron chi connectivity index (χ3n) is 4.53. The Hall–Kier alpha value is -3.65. The zero-order chi connectivity index (χ0) is 20.4. The summed E-state index contributed by atoms with van der Waals surface area (Å²) in [5, 5.41) is 13.9. The van der Waals surface area contributed by atoms with E-state index >= 15 is 0 Å². The lowest BCUT2D eigenvalue weighted by atomic mass is 10.1. The molecule has 0 amide bonds. The third kappa shape index (κ3) is 3.45. The van der Waals surface area contributed by atoms with Crippen molar-refractivity contribution in [3.63, 3.8) is 0 Å². The number of nitrogens with zero attached hydrogens (tertiary/aromatic N) is 3. The van der Waals surface area contributed by atoms with E-state index in [1.807, 2.05) is 30.3 Å². The van der Waals surface area contributed by atoms with Crippen LogP contribution in [0.2, 0.25) is 0 Å². The maximum atomic E-state index is 12.9. The van der Waals surface area contributed by atoms with Crippen LogP contribution in [0.25, 0.3) is 33.7 Å². The number of aliphatic hydroxyl groups excluding tert-OH is 1. The number of aliphatic hydroxyl groups is 1. The molecule has 8 nitrogen and oxygen atoms in total. The highest BCUT2D eigenvalue weighted by Crippen LogP contribution is 2.32. The zero-order valence-corrected chi connectivity index (χ0v) is 16.0. The van der Waals surface area contributed by atoms with E-state index in [4.69, 9.17) is 14.6 Å². The van der Waals surface area contributed by atoms with E-state index in [0.717, 1.165) is 5.56 Å². The predicted octanol–water partition coefficient (Wildman–Crippen LogP) is 2.37. The molecule has 0 aliphatic rings. The molecule has 29 heavy (non-hydrogen) atoms. The van der Waals surface area contributed by atoms with E-state index in [1.54, 1.807) is 29.9 Å². The summed E-state index contributed by atoms with van der Waals surface area (Å²) in [4.78, 5) is 20.4. The van der Waals surface area contributed by atoms with E-state index < -0.39 is 0 Å². The van der Waals surface area contributed by atoms with E-state index in [-0.39, 0.29) is 18.8 Å². The number of hydrogen-bond donors (Lipinski definition) is 2. The summed E-state index contributed by atoms with van der Waals surface area (Å²) >= 11 is 0. The van der Waals surface area contributed by atoms with Gasteiger partial charge in [-0.25, -0.2) is 9.67 Å². The summed E-state index contributed by atoms with van der Waals surface area (Å²) in [6, 6.07) is 14.7. The predicted molar refractivity (Wildman–Crippen MR) is 109 cm³/mol. The van der Waals surface area contributed by atoms with Crippen LogP contribution in [0.15, 0.2) is 53.3 Å². The topological polar surface area (TPSA) is 102 Å². The number of methoxy groups -OCH3 is 1. The van der Waals surface area contributed by atoms with Gasteiger partial charge in [-0.3, -0.25) is 4.79 Å². The molecule has 2 heterocycles. The van der Waals surface area contributed by atoms with Crippen molar-refractivity contribution >= 4 is 11.0 Å². The van der Waals surface area contributed by atoms with Crippen LogP contribution in [-0.4, -0.2) is 45.2 Å². The highest BCUT2D eigenvalue weighted by molar-refractivity contribution is 5.91. The molecule has 0 bridgehead atoms. The van der Waals surface area contributed by atoms with E-state index in [1.165, 1.54) is 7.11 Å². The minimum Gasteiger partial charge on any atom is -0.496 e. The smallest absolute Gasteiger partial charge is 0.262 e. The van der Waals surface area contributed by atoms with Crippen LogP contribution >= 0.6 is 0 Å². The van der Waals surface area contributed by atoms with Crippen molar-refractivity contribution in [2.75, 3.05) is 20.3 Å². The second-order valence-corrected chi connectivity index (χ2v) is 6.39. The number of benzene rings is 2. The number of aromatic nitrogens is 4. The first kappa shape index (κ1) is 18.7. The average molecular weight is 392 g/mol. The molecule has 0 fully saturated rings. The van der Waals surface area contributed by atoms with Crippen LogP contribution in [0.3, 0.4) is 0 Å². The first-order valence-electron chi connectivity index (χ1n) is 9.07. The fourth-order valence-electron chi connectivity index (χ4n) is 3.20. The molecule has 0 radical (unpaired) electrons. The van der Waals surface area contributed by atoms with Crippen molar-refractivity contribution < 1.29 is 14.6 Å². The van der Waals surface area contributed by atoms with Gasteiger partial charge in [0.15, 0.2) is 5.65 Å². The molecule has 4 rings (SSSR count). The van der Waals surface area contributed by atoms with Crippen molar-refractivity contribution in [1.29, 1.82) is 0 Å². The Labute approximate surface area is 166 Å². The van der Waals surface area contributed by atoms with Gasteiger partial charge in [0, 0.05) is 18.7 Å². The molecule has 0 aliphatic carbocycles. The Morgan fingerprint density at radius 1 is 1.17 bits per heavy atom. The van der Waals surface area contributed by atoms with Gasteiger partial charge in [0.05, 0.1) is 19.3 Å². The van der Waals surface area contributed by atoms with Gasteiger partial charge in [0.25, 0.3) is 5.56 Å². The number of aromatic amines is 1. The number of ether oxygens (including phenoxy) is 2. The third-order valence-corrected chi connectivity index (χ3v) is 4.53. The highest BCUT2D eigenvalue weighted by Gasteiger charge is 2.18. The van der Waals surface area contributed by atoms with Crippen LogP contribution in [0.4, 0.5) is 0 Å². The molecule has 2 aromatic heterocycles. The zero-order valence-electron chi connectivity index (χ0n) is 16.0. The minimum atomic E-state index is -0.278. The maximum absolute atomic E-state index is 12.9. The number of H-pyrrole nitrogens is 1. The van der Waals surface area contributed by atoms with Gasteiger partial charge in [0.2, 0.25) is 0 Å². The van der Waals surface area contributed by atoms with Crippen molar-refractivity contribution in [3.05, 3.63) is 58.9 Å². The summed E-state index contributed by atoms with van der Waals surface area (Å²) in [5.41, 5.74) is 2.25. The Kier molecular flexibility index (Phi) is 5.01. The summed E-state index contributed by atoms with van der Waals surface area (Å²) in [6.07, 6.45) is 0. The summed E-state index contributed by atoms with van der Waals surface area (Å²) in [6.45, 7) is 0.0979. The second kappa shape index (κ2) is 7.76. The molecule has 0 unspecified atom stereocenters. The standard InChI is InChI=1S/C21H20N4O4/c1-25-20-17(18(24-25)13-6-4-3-5-7-13)21(27)23-19(22-20)15-9-8-14(29-11-10-26)12-16(15)28-2/h3-9,12,26H,10-11H2,1-2H3,(H,22,23,27). The SMILES string of the molecule is COc1cc(OCCO)ccc1-c1nc2c(c(-c3ccccc3)nn2C)c(=O)[nH]1. The average Bonchev–Trinajstić information content (AvgIpc) is 3.09. The number of fused-ring (bicyclic) bond motifs is 1. The first-order chi connectivity index (χ1) is 14.1. The van der Waals surface area contributed by atoms with Crippen LogP contribution in [0.5, 0.6) is 11.5 Å². The number of nitrogens with one attached hydrogen (secondary N) is 1. The monoisotopic (exact) mass is 392 g/mol. The molecule has 0 spiro atoms. The maximum Gasteiger partial charge on any atom is 0.262 e. The Balaban J connectivity index is 1.85. The Morgan fingerprint density at radius 2 is 1.97 bits per heavy atom. The minimum absolute atomic E-state index is 0.0835. The molecule has 148 valence electrons. The van der Waals surface area contributed by atoms with Crippen LogP contribution < -0.4 is 15.0 Å². The van der Waals surface area contributed by atoms with E-state index in [0.29, 0.717) is 39.6 Å². The molecule has 0 saturated carbocycles. The summed E-state index contributed by atoms with van der Waals surface area (Å²) < 4.78 is 12.5. The quantitative estimate of drug-likeness (QED) is 0.522. The summed E-state index contributed by atoms with van der Waals surface area (Å²) in [7, 11) is 3.29. The lowest BCUT2D eigenvalue weighted by molar-refractivity contribution is 0.201. The second-order valence-electron chi connectivity index (χ2n) is 6.39. The van der Waals surface area contributed by atoms with Gasteiger partial charge in [-0.2, -0.15) is 5.10 Å². The van der Waals surface area contributed by atoms with Gasteiger partial charge < -0.3 is 19.6 Å². The van der Waals surface area contributed by atoms with Gasteiger partial charge in [-0.05, 0) is 12.1 Å². The Morgan fingerprint density at radius 3 is 2.69 bits per heavy atom. The fourth-order valence-corrected chi connectivity index (χ4v) is 3.20. The van der Waals surface area contributed by atoms with Crippen LogP contribution in [0.1, 0.15) is 0 Å². The molecule has 4 aromatic rings. The number of aryl methyl sites for hydroxylation is 1. The first-order valence-corrected chi connectivity index (χ1v) is 9.07. The van der Waals surface area contributed by atoms with Gasteiger partial charge >= 0.3 is 0 Å². The van der Waals surface area contributed by atoms with E-state index in [9.17, 15) is 4.79 Å². The van der Waals surface area contributed by atoms with Crippen molar-refractivity contribution in [3.8, 4) is 34.1 Å². The normalized spacial score (nSPS) is 11.0. The lowest BCUT2D eigenvalue weighted by Crippen LogP contribution is -2.11. The molecule has 2 N–H and O–H groups in total. The molecule has 0 saturated heterocycles.